The van der Waals surface area contributed by atoms with Crippen LogP contribution >= 0.6 is 0 Å². The highest BCUT2D eigenvalue weighted by atomic mass is 16.4. The number of pyridine rings is 3. The molecule has 0 amide bonds. The molecule has 12 heteroatoms. The van der Waals surface area contributed by atoms with E-state index in [1.807, 2.05) is 0 Å². The van der Waals surface area contributed by atoms with E-state index >= 15 is 0 Å². The van der Waals surface area contributed by atoms with Crippen molar-refractivity contribution in [3.8, 4) is 0 Å². The average molecular weight is 535 g/mol. The summed E-state index contributed by atoms with van der Waals surface area (Å²) in [4.78, 5) is 46.4. The van der Waals surface area contributed by atoms with Crippen LogP contribution in [0.25, 0.3) is 0 Å². The molecule has 1 aliphatic rings. The Labute approximate surface area is 224 Å². The van der Waals surface area contributed by atoms with Gasteiger partial charge in [-0.15, -0.1) is 0 Å². The minimum absolute atomic E-state index is 0.00999. The lowest BCUT2D eigenvalue weighted by molar-refractivity contribution is 0.0679. The number of rotatable bonds is 12. The van der Waals surface area contributed by atoms with Gasteiger partial charge in [-0.2, -0.15) is 0 Å². The number of nitrogens with one attached hydrogen (secondary N) is 3. The molecular weight excluding hydrogens is 504 g/mol. The summed E-state index contributed by atoms with van der Waals surface area (Å²) in [7, 11) is 0. The van der Waals surface area contributed by atoms with E-state index < -0.39 is 17.9 Å². The molecule has 0 bridgehead atoms. The van der Waals surface area contributed by atoms with Gasteiger partial charge < -0.3 is 31.3 Å². The van der Waals surface area contributed by atoms with Crippen LogP contribution in [0.2, 0.25) is 0 Å². The third kappa shape index (κ3) is 8.11. The zero-order chi connectivity index (χ0) is 27.8. The van der Waals surface area contributed by atoms with Crippen molar-refractivity contribution in [3.63, 3.8) is 0 Å². The summed E-state index contributed by atoms with van der Waals surface area (Å²) in [5.74, 6) is -3.24. The Kier molecular flexibility index (Phi) is 9.26. The van der Waals surface area contributed by atoms with Crippen LogP contribution in [0.4, 0.5) is 0 Å². The van der Waals surface area contributed by atoms with Gasteiger partial charge in [0.05, 0.1) is 17.1 Å². The van der Waals surface area contributed by atoms with Gasteiger partial charge in [-0.05, 0) is 55.7 Å². The zero-order valence-electron chi connectivity index (χ0n) is 21.1. The summed E-state index contributed by atoms with van der Waals surface area (Å²) < 4.78 is 0. The van der Waals surface area contributed by atoms with Gasteiger partial charge in [0.2, 0.25) is 0 Å². The van der Waals surface area contributed by atoms with E-state index in [1.165, 1.54) is 18.2 Å². The first-order valence-corrected chi connectivity index (χ1v) is 12.5. The van der Waals surface area contributed by atoms with E-state index in [9.17, 15) is 29.7 Å². The van der Waals surface area contributed by atoms with Crippen molar-refractivity contribution in [2.45, 2.75) is 57.0 Å². The zero-order valence-corrected chi connectivity index (χ0v) is 21.1. The van der Waals surface area contributed by atoms with Crippen molar-refractivity contribution in [1.29, 1.82) is 0 Å². The fourth-order valence-electron chi connectivity index (χ4n) is 4.66. The molecule has 1 aliphatic carbocycles. The maximum absolute atomic E-state index is 11.3. The van der Waals surface area contributed by atoms with Gasteiger partial charge in [0, 0.05) is 37.8 Å². The number of hydrogen-bond acceptors (Lipinski definition) is 9. The molecule has 0 radical (unpaired) electrons. The molecule has 0 aromatic carbocycles. The summed E-state index contributed by atoms with van der Waals surface area (Å²) in [6.45, 7) is 1.20. The van der Waals surface area contributed by atoms with Gasteiger partial charge in [0.15, 0.2) is 0 Å². The van der Waals surface area contributed by atoms with Gasteiger partial charge in [-0.1, -0.05) is 18.2 Å². The maximum Gasteiger partial charge on any atom is 0.354 e. The van der Waals surface area contributed by atoms with Crippen LogP contribution in [0.5, 0.6) is 0 Å². The predicted molar refractivity (Wildman–Crippen MR) is 139 cm³/mol. The van der Waals surface area contributed by atoms with Gasteiger partial charge >= 0.3 is 17.9 Å². The second-order valence-corrected chi connectivity index (χ2v) is 9.40. The number of aromatic carboxylic acids is 3. The lowest BCUT2D eigenvalue weighted by Gasteiger charge is -2.36. The van der Waals surface area contributed by atoms with Crippen LogP contribution in [0, 0.1) is 0 Å². The van der Waals surface area contributed by atoms with Gasteiger partial charge in [-0.3, -0.25) is 0 Å². The maximum atomic E-state index is 11.3. The molecule has 0 unspecified atom stereocenters. The number of carbonyl (C=O) groups is 3. The van der Waals surface area contributed by atoms with E-state index in [-0.39, 0.29) is 35.2 Å². The minimum Gasteiger partial charge on any atom is -0.477 e. The van der Waals surface area contributed by atoms with Crippen molar-refractivity contribution < 1.29 is 29.7 Å². The SMILES string of the molecule is O=C(O)c1cccc(CNC2CC(NCc3cccc(C(=O)O)n3)CC(NCc3cccc(C(=O)O)n3)C2)n1. The Balaban J connectivity index is 1.42. The van der Waals surface area contributed by atoms with Crippen molar-refractivity contribution in [2.24, 2.45) is 0 Å². The lowest BCUT2D eigenvalue weighted by Crippen LogP contribution is -2.50. The molecule has 0 atom stereocenters. The van der Waals surface area contributed by atoms with Crippen molar-refractivity contribution in [2.75, 3.05) is 0 Å². The normalized spacial score (nSPS) is 18.9. The van der Waals surface area contributed by atoms with E-state index in [1.54, 1.807) is 36.4 Å². The third-order valence-electron chi connectivity index (χ3n) is 6.50. The number of carboxylic acids is 3. The fraction of sp³-hybridized carbons (Fsp3) is 0.333. The molecule has 3 aromatic rings. The average Bonchev–Trinajstić information content (AvgIpc) is 2.94. The Hall–Kier alpha value is -4.26. The lowest BCUT2D eigenvalue weighted by atomic mass is 9.86. The van der Waals surface area contributed by atoms with Crippen LogP contribution < -0.4 is 16.0 Å². The molecule has 4 rings (SSSR count). The number of nitrogens with zero attached hydrogens (tertiary/aromatic N) is 3. The highest BCUT2D eigenvalue weighted by Gasteiger charge is 2.28. The molecule has 1 fully saturated rings. The van der Waals surface area contributed by atoms with Crippen molar-refractivity contribution >= 4 is 17.9 Å². The highest BCUT2D eigenvalue weighted by Crippen LogP contribution is 2.21. The summed E-state index contributed by atoms with van der Waals surface area (Å²) in [5, 5.41) is 38.1. The molecule has 39 heavy (non-hydrogen) atoms. The van der Waals surface area contributed by atoms with Gasteiger partial charge in [0.25, 0.3) is 0 Å². The number of hydrogen-bond donors (Lipinski definition) is 6. The monoisotopic (exact) mass is 534 g/mol. The smallest absolute Gasteiger partial charge is 0.354 e. The van der Waals surface area contributed by atoms with Crippen molar-refractivity contribution in [3.05, 3.63) is 88.8 Å². The van der Waals surface area contributed by atoms with Crippen LogP contribution in [-0.4, -0.2) is 66.3 Å². The minimum atomic E-state index is -1.08. The number of aromatic nitrogens is 3. The summed E-state index contributed by atoms with van der Waals surface area (Å²) in [5.41, 5.74) is 1.84. The first-order chi connectivity index (χ1) is 18.8. The fourth-order valence-corrected chi connectivity index (χ4v) is 4.66. The van der Waals surface area contributed by atoms with Crippen LogP contribution in [0.1, 0.15) is 67.8 Å². The molecule has 0 aliphatic heterocycles. The van der Waals surface area contributed by atoms with E-state index in [0.717, 1.165) is 19.3 Å². The second-order valence-electron chi connectivity index (χ2n) is 9.40. The molecule has 3 heterocycles. The van der Waals surface area contributed by atoms with Crippen LogP contribution in [0.15, 0.2) is 54.6 Å². The molecule has 1 saturated carbocycles. The molecule has 0 saturated heterocycles. The van der Waals surface area contributed by atoms with E-state index in [2.05, 4.69) is 30.9 Å². The molecule has 3 aromatic heterocycles. The molecule has 12 nitrogen and oxygen atoms in total. The Morgan fingerprint density at radius 1 is 0.564 bits per heavy atom. The Bertz CT molecular complexity index is 1170. The number of carboxylic acid groups (broad SMARTS) is 3. The third-order valence-corrected chi connectivity index (χ3v) is 6.50. The topological polar surface area (TPSA) is 187 Å². The molecule has 6 N–H and O–H groups in total. The predicted octanol–water partition coefficient (Wildman–Crippen LogP) is 1.93. The first kappa shape index (κ1) is 27.8. The van der Waals surface area contributed by atoms with E-state index in [0.29, 0.717) is 36.7 Å². The van der Waals surface area contributed by atoms with Crippen molar-refractivity contribution in [1.82, 2.24) is 30.9 Å². The summed E-state index contributed by atoms with van der Waals surface area (Å²) >= 11 is 0. The summed E-state index contributed by atoms with van der Waals surface area (Å²) in [6, 6.07) is 14.9. The first-order valence-electron chi connectivity index (χ1n) is 12.5. The molecular formula is C27H30N6O6. The standard InChI is InChI=1S/C27H30N6O6/c34-25(35)22-7-1-4-16(31-22)13-28-19-10-20(29-14-17-5-2-8-23(32-17)26(36)37)12-21(11-19)30-15-18-6-3-9-24(33-18)27(38)39/h1-9,19-21,28-30H,10-15H2,(H,34,35)(H,36,37)(H,38,39). The van der Waals surface area contributed by atoms with Crippen LogP contribution in [-0.2, 0) is 19.6 Å². The van der Waals surface area contributed by atoms with Gasteiger partial charge in [0.1, 0.15) is 17.1 Å². The second kappa shape index (κ2) is 13.0. The highest BCUT2D eigenvalue weighted by molar-refractivity contribution is 5.86. The Morgan fingerprint density at radius 2 is 0.846 bits per heavy atom. The molecule has 0 spiro atoms. The molecule has 204 valence electrons. The Morgan fingerprint density at radius 3 is 1.10 bits per heavy atom. The largest absolute Gasteiger partial charge is 0.477 e. The van der Waals surface area contributed by atoms with E-state index in [4.69, 9.17) is 0 Å². The quantitative estimate of drug-likeness (QED) is 0.198. The van der Waals surface area contributed by atoms with Crippen LogP contribution in [0.3, 0.4) is 0 Å². The van der Waals surface area contributed by atoms with Gasteiger partial charge in [-0.25, -0.2) is 29.3 Å². The summed E-state index contributed by atoms with van der Waals surface area (Å²) in [6.07, 6.45) is 2.34.